The fraction of sp³-hybridized carbons (Fsp3) is 0. The molecule has 4 rings (SSSR count). The van der Waals surface area contributed by atoms with Crippen molar-refractivity contribution in [1.29, 1.82) is 0 Å². The SMILES string of the molecule is Nc1ccc(-c2ccc3cccc4c3c2NC4=O)cc1. The number of carbonyl (C=O) groups is 1. The summed E-state index contributed by atoms with van der Waals surface area (Å²) in [5.74, 6) is -0.0338. The summed E-state index contributed by atoms with van der Waals surface area (Å²) in [5.41, 5.74) is 10.2. The second kappa shape index (κ2) is 3.84. The fourth-order valence-corrected chi connectivity index (χ4v) is 2.78. The molecule has 0 saturated heterocycles. The number of anilines is 2. The zero-order valence-electron chi connectivity index (χ0n) is 10.7. The topological polar surface area (TPSA) is 55.1 Å². The largest absolute Gasteiger partial charge is 0.399 e. The first-order valence-electron chi connectivity index (χ1n) is 6.47. The van der Waals surface area contributed by atoms with E-state index in [9.17, 15) is 4.79 Å². The van der Waals surface area contributed by atoms with E-state index in [1.807, 2.05) is 54.6 Å². The summed E-state index contributed by atoms with van der Waals surface area (Å²) in [6.45, 7) is 0. The molecule has 3 nitrogen and oxygen atoms in total. The molecule has 1 aliphatic rings. The second-order valence-electron chi connectivity index (χ2n) is 4.97. The molecular formula is C17H12N2O. The third-order valence-corrected chi connectivity index (χ3v) is 3.75. The maximum Gasteiger partial charge on any atom is 0.256 e. The Morgan fingerprint density at radius 3 is 2.45 bits per heavy atom. The van der Waals surface area contributed by atoms with Crippen LogP contribution in [-0.2, 0) is 0 Å². The zero-order chi connectivity index (χ0) is 13.7. The number of nitrogens with two attached hydrogens (primary N) is 1. The smallest absolute Gasteiger partial charge is 0.256 e. The molecule has 0 aliphatic carbocycles. The van der Waals surface area contributed by atoms with Gasteiger partial charge in [0.2, 0.25) is 0 Å². The molecule has 20 heavy (non-hydrogen) atoms. The van der Waals surface area contributed by atoms with Gasteiger partial charge in [-0.25, -0.2) is 0 Å². The molecule has 1 aliphatic heterocycles. The molecular weight excluding hydrogens is 248 g/mol. The minimum atomic E-state index is -0.0338. The van der Waals surface area contributed by atoms with Gasteiger partial charge >= 0.3 is 0 Å². The van der Waals surface area contributed by atoms with Crippen LogP contribution in [0, 0.1) is 0 Å². The van der Waals surface area contributed by atoms with Gasteiger partial charge in [-0.2, -0.15) is 0 Å². The Balaban J connectivity index is 2.04. The Hall–Kier alpha value is -2.81. The number of hydrogen-bond acceptors (Lipinski definition) is 2. The van der Waals surface area contributed by atoms with Crippen LogP contribution < -0.4 is 11.1 Å². The van der Waals surface area contributed by atoms with Crippen LogP contribution in [0.3, 0.4) is 0 Å². The first-order valence-corrected chi connectivity index (χ1v) is 6.47. The lowest BCUT2D eigenvalue weighted by Crippen LogP contribution is -2.04. The van der Waals surface area contributed by atoms with E-state index in [1.165, 1.54) is 0 Å². The molecule has 96 valence electrons. The average Bonchev–Trinajstić information content (AvgIpc) is 2.80. The van der Waals surface area contributed by atoms with Gasteiger partial charge in [-0.1, -0.05) is 36.4 Å². The van der Waals surface area contributed by atoms with Gasteiger partial charge in [-0.3, -0.25) is 4.79 Å². The molecule has 0 atom stereocenters. The molecule has 1 heterocycles. The standard InChI is InChI=1S/C17H12N2O/c18-12-7-4-10(5-8-12)13-9-6-11-2-1-3-14-15(11)16(13)19-17(14)20/h1-9H,18H2,(H,19,20). The molecule has 3 N–H and O–H groups in total. The van der Waals surface area contributed by atoms with Crippen LogP contribution in [0.4, 0.5) is 11.4 Å². The predicted molar refractivity (Wildman–Crippen MR) is 81.7 cm³/mol. The van der Waals surface area contributed by atoms with Crippen LogP contribution in [0.15, 0.2) is 54.6 Å². The lowest BCUT2D eigenvalue weighted by molar-refractivity contribution is 0.103. The third-order valence-electron chi connectivity index (χ3n) is 3.75. The van der Waals surface area contributed by atoms with Crippen LogP contribution in [-0.4, -0.2) is 5.91 Å². The summed E-state index contributed by atoms with van der Waals surface area (Å²) in [7, 11) is 0. The Labute approximate surface area is 116 Å². The van der Waals surface area contributed by atoms with Crippen molar-refractivity contribution in [3.63, 3.8) is 0 Å². The van der Waals surface area contributed by atoms with Gasteiger partial charge in [-0.15, -0.1) is 0 Å². The molecule has 0 aromatic heterocycles. The van der Waals surface area contributed by atoms with E-state index in [2.05, 4.69) is 5.32 Å². The summed E-state index contributed by atoms with van der Waals surface area (Å²) < 4.78 is 0. The quantitative estimate of drug-likeness (QED) is 0.656. The lowest BCUT2D eigenvalue weighted by atomic mass is 9.97. The highest BCUT2D eigenvalue weighted by molar-refractivity contribution is 6.26. The molecule has 3 aromatic carbocycles. The van der Waals surface area contributed by atoms with Crippen molar-refractivity contribution in [2.24, 2.45) is 0 Å². The van der Waals surface area contributed by atoms with Crippen molar-refractivity contribution in [1.82, 2.24) is 0 Å². The molecule has 0 radical (unpaired) electrons. The molecule has 3 aromatic rings. The van der Waals surface area contributed by atoms with E-state index in [1.54, 1.807) is 0 Å². The average molecular weight is 260 g/mol. The number of nitrogen functional groups attached to an aromatic ring is 1. The van der Waals surface area contributed by atoms with E-state index in [0.717, 1.165) is 38.8 Å². The minimum Gasteiger partial charge on any atom is -0.399 e. The Bertz CT molecular complexity index is 851. The van der Waals surface area contributed by atoms with E-state index in [4.69, 9.17) is 5.73 Å². The van der Waals surface area contributed by atoms with E-state index < -0.39 is 0 Å². The van der Waals surface area contributed by atoms with Crippen LogP contribution in [0.5, 0.6) is 0 Å². The summed E-state index contributed by atoms with van der Waals surface area (Å²) in [6.07, 6.45) is 0. The summed E-state index contributed by atoms with van der Waals surface area (Å²) in [6, 6.07) is 17.6. The minimum absolute atomic E-state index is 0.0338. The van der Waals surface area contributed by atoms with Gasteiger partial charge in [0.1, 0.15) is 0 Å². The van der Waals surface area contributed by atoms with Crippen LogP contribution in [0.25, 0.3) is 21.9 Å². The van der Waals surface area contributed by atoms with Crippen molar-refractivity contribution < 1.29 is 4.79 Å². The Morgan fingerprint density at radius 2 is 1.65 bits per heavy atom. The maximum absolute atomic E-state index is 12.1. The number of nitrogens with one attached hydrogen (secondary N) is 1. The van der Waals surface area contributed by atoms with Gasteiger partial charge < -0.3 is 11.1 Å². The molecule has 0 unspecified atom stereocenters. The van der Waals surface area contributed by atoms with Crippen molar-refractivity contribution in [3.05, 3.63) is 60.2 Å². The molecule has 3 heteroatoms. The van der Waals surface area contributed by atoms with Crippen LogP contribution >= 0.6 is 0 Å². The first kappa shape index (κ1) is 11.1. The second-order valence-corrected chi connectivity index (χ2v) is 4.97. The summed E-state index contributed by atoms with van der Waals surface area (Å²) in [5, 5.41) is 5.07. The van der Waals surface area contributed by atoms with E-state index >= 15 is 0 Å². The highest BCUT2D eigenvalue weighted by Crippen LogP contribution is 2.40. The Morgan fingerprint density at radius 1 is 0.850 bits per heavy atom. The molecule has 0 bridgehead atoms. The highest BCUT2D eigenvalue weighted by Gasteiger charge is 2.23. The monoisotopic (exact) mass is 260 g/mol. The van der Waals surface area contributed by atoms with Gasteiger partial charge in [0, 0.05) is 22.2 Å². The number of hydrogen-bond donors (Lipinski definition) is 2. The number of amides is 1. The van der Waals surface area contributed by atoms with Crippen LogP contribution in [0.1, 0.15) is 10.4 Å². The third kappa shape index (κ3) is 1.43. The van der Waals surface area contributed by atoms with Crippen molar-refractivity contribution in [3.8, 4) is 11.1 Å². The number of rotatable bonds is 1. The molecule has 0 spiro atoms. The van der Waals surface area contributed by atoms with Crippen molar-refractivity contribution in [2.45, 2.75) is 0 Å². The van der Waals surface area contributed by atoms with Crippen LogP contribution in [0.2, 0.25) is 0 Å². The number of carbonyl (C=O) groups excluding carboxylic acids is 1. The van der Waals surface area contributed by atoms with E-state index in [-0.39, 0.29) is 5.91 Å². The maximum atomic E-state index is 12.1. The molecule has 1 amide bonds. The molecule has 0 saturated carbocycles. The van der Waals surface area contributed by atoms with Gasteiger partial charge in [0.25, 0.3) is 5.91 Å². The first-order chi connectivity index (χ1) is 9.74. The lowest BCUT2D eigenvalue weighted by Gasteiger charge is -2.09. The van der Waals surface area contributed by atoms with Crippen molar-refractivity contribution >= 4 is 28.1 Å². The van der Waals surface area contributed by atoms with Gasteiger partial charge in [0.05, 0.1) is 5.69 Å². The predicted octanol–water partition coefficient (Wildman–Crippen LogP) is 3.65. The highest BCUT2D eigenvalue weighted by atomic mass is 16.1. The molecule has 0 fully saturated rings. The van der Waals surface area contributed by atoms with Gasteiger partial charge in [0.15, 0.2) is 0 Å². The van der Waals surface area contributed by atoms with Gasteiger partial charge in [-0.05, 0) is 29.1 Å². The number of benzene rings is 3. The Kier molecular flexibility index (Phi) is 2.12. The fourth-order valence-electron chi connectivity index (χ4n) is 2.78. The van der Waals surface area contributed by atoms with Crippen molar-refractivity contribution in [2.75, 3.05) is 11.1 Å². The normalized spacial score (nSPS) is 12.7. The van der Waals surface area contributed by atoms with E-state index in [0.29, 0.717) is 0 Å². The summed E-state index contributed by atoms with van der Waals surface area (Å²) >= 11 is 0. The zero-order valence-corrected chi connectivity index (χ0v) is 10.7. The summed E-state index contributed by atoms with van der Waals surface area (Å²) in [4.78, 5) is 12.1.